The van der Waals surface area contributed by atoms with Gasteiger partial charge in [0.05, 0.1) is 12.5 Å². The highest BCUT2D eigenvalue weighted by atomic mass is 14.9. The zero-order chi connectivity index (χ0) is 12.1. The molecule has 0 saturated heterocycles. The van der Waals surface area contributed by atoms with Crippen molar-refractivity contribution >= 4 is 0 Å². The molecule has 0 amide bonds. The normalized spacial score (nSPS) is 20.4. The highest BCUT2D eigenvalue weighted by Gasteiger charge is 2.20. The smallest absolute Gasteiger partial charge is 0.0638 e. The van der Waals surface area contributed by atoms with Gasteiger partial charge < -0.3 is 5.32 Å². The van der Waals surface area contributed by atoms with E-state index in [0.717, 1.165) is 19.3 Å². The van der Waals surface area contributed by atoms with Crippen molar-refractivity contribution in [3.8, 4) is 6.07 Å². The SMILES string of the molecule is CCC(CC#N)NC1CCc2ccccc2C1. The first-order valence-electron chi connectivity index (χ1n) is 6.53. The summed E-state index contributed by atoms with van der Waals surface area (Å²) in [6, 6.07) is 11.9. The van der Waals surface area contributed by atoms with Crippen molar-refractivity contribution in [3.63, 3.8) is 0 Å². The van der Waals surface area contributed by atoms with Gasteiger partial charge in [0.15, 0.2) is 0 Å². The first-order chi connectivity index (χ1) is 8.33. The molecule has 1 aromatic rings. The molecule has 0 aliphatic heterocycles. The van der Waals surface area contributed by atoms with Crippen LogP contribution in [0.2, 0.25) is 0 Å². The second kappa shape index (κ2) is 5.84. The molecule has 2 unspecified atom stereocenters. The Morgan fingerprint density at radius 3 is 2.88 bits per heavy atom. The Morgan fingerprint density at radius 2 is 2.18 bits per heavy atom. The number of hydrogen-bond acceptors (Lipinski definition) is 2. The quantitative estimate of drug-likeness (QED) is 0.860. The second-order valence-corrected chi connectivity index (χ2v) is 4.84. The molecule has 1 aromatic carbocycles. The lowest BCUT2D eigenvalue weighted by atomic mass is 9.88. The Morgan fingerprint density at radius 1 is 1.41 bits per heavy atom. The van der Waals surface area contributed by atoms with E-state index in [1.54, 1.807) is 0 Å². The van der Waals surface area contributed by atoms with Crippen molar-refractivity contribution < 1.29 is 0 Å². The minimum absolute atomic E-state index is 0.357. The van der Waals surface area contributed by atoms with E-state index < -0.39 is 0 Å². The first-order valence-corrected chi connectivity index (χ1v) is 6.53. The molecule has 0 fully saturated rings. The third-order valence-electron chi connectivity index (χ3n) is 3.65. The van der Waals surface area contributed by atoms with E-state index in [0.29, 0.717) is 18.5 Å². The summed E-state index contributed by atoms with van der Waals surface area (Å²) in [7, 11) is 0. The molecular weight excluding hydrogens is 208 g/mol. The predicted molar refractivity (Wildman–Crippen MR) is 69.7 cm³/mol. The minimum Gasteiger partial charge on any atom is -0.310 e. The molecule has 2 nitrogen and oxygen atoms in total. The summed E-state index contributed by atoms with van der Waals surface area (Å²) < 4.78 is 0. The van der Waals surface area contributed by atoms with Gasteiger partial charge >= 0.3 is 0 Å². The lowest BCUT2D eigenvalue weighted by molar-refractivity contribution is 0.388. The summed E-state index contributed by atoms with van der Waals surface area (Å²) in [6.45, 7) is 2.14. The summed E-state index contributed by atoms with van der Waals surface area (Å²) in [5.74, 6) is 0. The van der Waals surface area contributed by atoms with Crippen LogP contribution in [-0.4, -0.2) is 12.1 Å². The van der Waals surface area contributed by atoms with Gasteiger partial charge in [0.1, 0.15) is 0 Å². The van der Waals surface area contributed by atoms with Gasteiger partial charge in [-0.25, -0.2) is 0 Å². The lowest BCUT2D eigenvalue weighted by Crippen LogP contribution is -2.41. The van der Waals surface area contributed by atoms with Crippen molar-refractivity contribution in [2.45, 2.75) is 51.1 Å². The Hall–Kier alpha value is -1.33. The maximum absolute atomic E-state index is 8.77. The molecule has 2 atom stereocenters. The van der Waals surface area contributed by atoms with Crippen LogP contribution in [0.1, 0.15) is 37.3 Å². The lowest BCUT2D eigenvalue weighted by Gasteiger charge is -2.28. The van der Waals surface area contributed by atoms with Crippen LogP contribution < -0.4 is 5.32 Å². The average molecular weight is 228 g/mol. The Bertz CT molecular complexity index is 406. The van der Waals surface area contributed by atoms with Gasteiger partial charge in [0, 0.05) is 12.1 Å². The van der Waals surface area contributed by atoms with Crippen LogP contribution in [-0.2, 0) is 12.8 Å². The van der Waals surface area contributed by atoms with E-state index in [4.69, 9.17) is 5.26 Å². The van der Waals surface area contributed by atoms with Crippen molar-refractivity contribution in [1.82, 2.24) is 5.32 Å². The largest absolute Gasteiger partial charge is 0.310 e. The van der Waals surface area contributed by atoms with Gasteiger partial charge in [0.2, 0.25) is 0 Å². The summed E-state index contributed by atoms with van der Waals surface area (Å²) in [6.07, 6.45) is 5.12. The molecule has 0 bridgehead atoms. The van der Waals surface area contributed by atoms with Gasteiger partial charge in [-0.2, -0.15) is 5.26 Å². The van der Waals surface area contributed by atoms with Crippen LogP contribution >= 0.6 is 0 Å². The molecule has 1 aliphatic carbocycles. The molecule has 0 radical (unpaired) electrons. The van der Waals surface area contributed by atoms with Crippen LogP contribution in [0, 0.1) is 11.3 Å². The molecule has 2 heteroatoms. The molecule has 1 aliphatic rings. The van der Waals surface area contributed by atoms with Gasteiger partial charge in [-0.3, -0.25) is 0 Å². The Kier molecular flexibility index (Phi) is 4.17. The summed E-state index contributed by atoms with van der Waals surface area (Å²) in [5, 5.41) is 12.4. The topological polar surface area (TPSA) is 35.8 Å². The molecule has 0 spiro atoms. The number of aryl methyl sites for hydroxylation is 1. The number of nitriles is 1. The van der Waals surface area contributed by atoms with E-state index >= 15 is 0 Å². The van der Waals surface area contributed by atoms with Gasteiger partial charge in [-0.05, 0) is 36.8 Å². The maximum atomic E-state index is 8.77. The fourth-order valence-corrected chi connectivity index (χ4v) is 2.60. The second-order valence-electron chi connectivity index (χ2n) is 4.84. The van der Waals surface area contributed by atoms with E-state index in [-0.39, 0.29) is 0 Å². The average Bonchev–Trinajstić information content (AvgIpc) is 2.38. The monoisotopic (exact) mass is 228 g/mol. The number of fused-ring (bicyclic) bond motifs is 1. The number of rotatable bonds is 4. The number of hydrogen-bond donors (Lipinski definition) is 1. The fourth-order valence-electron chi connectivity index (χ4n) is 2.60. The van der Waals surface area contributed by atoms with Gasteiger partial charge in [-0.1, -0.05) is 31.2 Å². The minimum atomic E-state index is 0.357. The van der Waals surface area contributed by atoms with Gasteiger partial charge in [0.25, 0.3) is 0 Å². The fraction of sp³-hybridized carbons (Fsp3) is 0.533. The maximum Gasteiger partial charge on any atom is 0.0638 e. The first kappa shape index (κ1) is 12.1. The van der Waals surface area contributed by atoms with Crippen LogP contribution in [0.25, 0.3) is 0 Å². The summed E-state index contributed by atoms with van der Waals surface area (Å²) >= 11 is 0. The van der Waals surface area contributed by atoms with Crippen LogP contribution in [0.5, 0.6) is 0 Å². The zero-order valence-electron chi connectivity index (χ0n) is 10.4. The highest BCUT2D eigenvalue weighted by Crippen LogP contribution is 2.21. The predicted octanol–water partition coefficient (Wildman–Crippen LogP) is 2.83. The van der Waals surface area contributed by atoms with E-state index in [1.807, 2.05) is 0 Å². The molecular formula is C15H20N2. The van der Waals surface area contributed by atoms with E-state index in [1.165, 1.54) is 17.5 Å². The van der Waals surface area contributed by atoms with Crippen molar-refractivity contribution in [1.29, 1.82) is 5.26 Å². The van der Waals surface area contributed by atoms with Crippen molar-refractivity contribution in [2.75, 3.05) is 0 Å². The summed E-state index contributed by atoms with van der Waals surface area (Å²) in [4.78, 5) is 0. The Labute approximate surface area is 104 Å². The van der Waals surface area contributed by atoms with Crippen molar-refractivity contribution in [3.05, 3.63) is 35.4 Å². The van der Waals surface area contributed by atoms with Gasteiger partial charge in [-0.15, -0.1) is 0 Å². The van der Waals surface area contributed by atoms with E-state index in [2.05, 4.69) is 42.6 Å². The van der Waals surface area contributed by atoms with E-state index in [9.17, 15) is 0 Å². The zero-order valence-corrected chi connectivity index (χ0v) is 10.4. The molecule has 2 rings (SSSR count). The molecule has 17 heavy (non-hydrogen) atoms. The third kappa shape index (κ3) is 3.08. The van der Waals surface area contributed by atoms with Crippen LogP contribution in [0.15, 0.2) is 24.3 Å². The molecule has 0 heterocycles. The summed E-state index contributed by atoms with van der Waals surface area (Å²) in [5.41, 5.74) is 2.97. The number of benzene rings is 1. The molecule has 1 N–H and O–H groups in total. The number of nitrogens with one attached hydrogen (secondary N) is 1. The Balaban J connectivity index is 1.96. The van der Waals surface area contributed by atoms with Crippen LogP contribution in [0.3, 0.4) is 0 Å². The molecule has 90 valence electrons. The number of nitrogens with zero attached hydrogens (tertiary/aromatic N) is 1. The van der Waals surface area contributed by atoms with Crippen LogP contribution in [0.4, 0.5) is 0 Å². The van der Waals surface area contributed by atoms with Crippen molar-refractivity contribution in [2.24, 2.45) is 0 Å². The molecule has 0 saturated carbocycles. The third-order valence-corrected chi connectivity index (χ3v) is 3.65. The standard InChI is InChI=1S/C15H20N2/c1-2-14(9-10-16)17-15-8-7-12-5-3-4-6-13(12)11-15/h3-6,14-15,17H,2,7-9,11H2,1H3. The highest BCUT2D eigenvalue weighted by molar-refractivity contribution is 5.30. The molecule has 0 aromatic heterocycles.